The van der Waals surface area contributed by atoms with Gasteiger partial charge >= 0.3 is 0 Å². The number of halogens is 2. The minimum Gasteiger partial charge on any atom is -0.504 e. The maximum absolute atomic E-state index is 15.4. The second kappa shape index (κ2) is 15.8. The number of ether oxygens (including phenoxy) is 3. The number of imide groups is 2. The highest BCUT2D eigenvalue weighted by Crippen LogP contribution is 2.64. The van der Waals surface area contributed by atoms with Crippen molar-refractivity contribution in [2.45, 2.75) is 24.2 Å². The van der Waals surface area contributed by atoms with Gasteiger partial charge < -0.3 is 19.3 Å². The zero-order chi connectivity index (χ0) is 43.4. The first-order chi connectivity index (χ1) is 30.0. The normalized spacial score (nSPS) is 24.1. The summed E-state index contributed by atoms with van der Waals surface area (Å²) in [7, 11) is 4.60. The second-order valence-electron chi connectivity index (χ2n) is 15.8. The summed E-state index contributed by atoms with van der Waals surface area (Å²) in [4.78, 5) is 60.8. The first-order valence-electron chi connectivity index (χ1n) is 20.1. The second-order valence-corrected chi connectivity index (χ2v) is 16.3. The lowest BCUT2D eigenvalue weighted by Gasteiger charge is -2.50. The molecule has 11 nitrogen and oxygen atoms in total. The number of carbonyl (C=O) groups excluding carboxylic acids is 4. The summed E-state index contributed by atoms with van der Waals surface area (Å²) in [6, 6.07) is 29.5. The minimum atomic E-state index is -1.59. The molecule has 2 aliphatic heterocycles. The summed E-state index contributed by atoms with van der Waals surface area (Å²) in [6.07, 6.45) is 6.02. The van der Waals surface area contributed by atoms with Crippen LogP contribution in [0.25, 0.3) is 12.2 Å². The van der Waals surface area contributed by atoms with E-state index in [9.17, 15) is 23.9 Å². The summed E-state index contributed by atoms with van der Waals surface area (Å²) in [5.74, 6) is -5.05. The molecule has 0 aromatic heterocycles. The number of amides is 4. The molecule has 2 heterocycles. The van der Waals surface area contributed by atoms with E-state index in [2.05, 4.69) is 5.43 Å². The van der Waals surface area contributed by atoms with Crippen molar-refractivity contribution < 1.29 is 42.9 Å². The molecule has 9 rings (SSSR count). The number of hydrogen-bond acceptors (Lipinski definition) is 9. The Morgan fingerprint density at radius 3 is 2.19 bits per heavy atom. The largest absolute Gasteiger partial charge is 0.504 e. The van der Waals surface area contributed by atoms with Gasteiger partial charge in [0.05, 0.1) is 55.9 Å². The molecule has 62 heavy (non-hydrogen) atoms. The number of carbonyl (C=O) groups is 4. The van der Waals surface area contributed by atoms with E-state index >= 15 is 4.79 Å². The van der Waals surface area contributed by atoms with Crippen LogP contribution in [0.15, 0.2) is 121 Å². The molecule has 6 atom stereocenters. The number of aromatic hydroxyl groups is 1. The van der Waals surface area contributed by atoms with Crippen molar-refractivity contribution in [1.29, 1.82) is 0 Å². The fourth-order valence-electron chi connectivity index (χ4n) is 10.0. The van der Waals surface area contributed by atoms with Gasteiger partial charge in [0, 0.05) is 16.5 Å². The van der Waals surface area contributed by atoms with E-state index in [-0.39, 0.29) is 36.2 Å². The Bertz CT molecular complexity index is 2690. The van der Waals surface area contributed by atoms with Gasteiger partial charge in [-0.3, -0.25) is 29.5 Å². The lowest BCUT2D eigenvalue weighted by molar-refractivity contribution is -0.138. The predicted molar refractivity (Wildman–Crippen MR) is 231 cm³/mol. The lowest BCUT2D eigenvalue weighted by Crippen LogP contribution is -2.53. The van der Waals surface area contributed by atoms with Crippen LogP contribution in [0.4, 0.5) is 15.8 Å². The number of phenolic OH excluding ortho intramolecular Hbond substituents is 1. The van der Waals surface area contributed by atoms with Crippen LogP contribution in [0.1, 0.15) is 41.0 Å². The molecule has 5 aromatic rings. The zero-order valence-electron chi connectivity index (χ0n) is 33.9. The molecule has 0 radical (unpaired) electrons. The lowest BCUT2D eigenvalue weighted by atomic mass is 9.49. The van der Waals surface area contributed by atoms with E-state index in [1.165, 1.54) is 42.3 Å². The van der Waals surface area contributed by atoms with Crippen LogP contribution >= 0.6 is 11.6 Å². The van der Waals surface area contributed by atoms with Crippen LogP contribution < -0.4 is 24.5 Å². The van der Waals surface area contributed by atoms with Crippen molar-refractivity contribution in [3.63, 3.8) is 0 Å². The topological polar surface area (TPSA) is 135 Å². The number of allylic oxidation sites excluding steroid dienone is 2. The smallest absolute Gasteiger partial charge is 0.260 e. The molecule has 2 saturated heterocycles. The quantitative estimate of drug-likeness (QED) is 0.0805. The van der Waals surface area contributed by atoms with E-state index in [0.717, 1.165) is 21.7 Å². The number of fused-ring (bicyclic) bond motifs is 4. The molecular weight excluding hydrogens is 813 g/mol. The Morgan fingerprint density at radius 1 is 0.774 bits per heavy atom. The first-order valence-corrected chi connectivity index (χ1v) is 20.5. The highest BCUT2D eigenvalue weighted by atomic mass is 35.5. The number of nitrogens with zero attached hydrogens (tertiary/aromatic N) is 2. The molecule has 0 unspecified atom stereocenters. The van der Waals surface area contributed by atoms with Gasteiger partial charge in [-0.05, 0) is 114 Å². The van der Waals surface area contributed by atoms with Gasteiger partial charge in [0.1, 0.15) is 17.3 Å². The summed E-state index contributed by atoms with van der Waals surface area (Å²) < 4.78 is 30.4. The number of benzene rings is 5. The van der Waals surface area contributed by atoms with Crippen molar-refractivity contribution in [3.8, 4) is 23.0 Å². The van der Waals surface area contributed by atoms with Gasteiger partial charge in [0.15, 0.2) is 11.5 Å². The summed E-state index contributed by atoms with van der Waals surface area (Å²) in [5, 5.41) is 12.1. The highest BCUT2D eigenvalue weighted by Gasteiger charge is 2.70. The van der Waals surface area contributed by atoms with E-state index in [1.807, 2.05) is 48.6 Å². The van der Waals surface area contributed by atoms with Crippen LogP contribution in [-0.4, -0.2) is 55.1 Å². The third kappa shape index (κ3) is 6.48. The molecule has 2 aliphatic carbocycles. The Morgan fingerprint density at radius 2 is 1.50 bits per heavy atom. The number of hydrogen-bond donors (Lipinski definition) is 2. The molecule has 314 valence electrons. The molecule has 0 bridgehead atoms. The Balaban J connectivity index is 1.12. The number of nitrogens with one attached hydrogen (secondary N) is 1. The van der Waals surface area contributed by atoms with Crippen LogP contribution in [-0.2, 0) is 24.6 Å². The van der Waals surface area contributed by atoms with Crippen molar-refractivity contribution >= 4 is 58.8 Å². The van der Waals surface area contributed by atoms with Crippen molar-refractivity contribution in [1.82, 2.24) is 5.01 Å². The Kier molecular flexibility index (Phi) is 10.3. The standard InChI is InChI=1S/C49H41ClFN3O8/c1-60-35-19-23-41(61-2)28(24-35)7-4-27-5-17-34(18-6-27)53-45(56)37-21-20-36-38(43(37)47(53)58)26-39-46(57)54(52-33-15-13-32(51)14-16-33)48(59)49(39,30-9-11-31(50)12-10-30)44(36)29-8-22-40(55)42(25-29)62-3/h4-20,22-25,37-39,43-44,52,55H,21,26H2,1-3H3/t37-,38+,39-,43-,44-,49+/m0/s1. The molecule has 3 fully saturated rings. The Hall–Kier alpha value is -6.92. The van der Waals surface area contributed by atoms with Crippen LogP contribution in [0.3, 0.4) is 0 Å². The fraction of sp³-hybridized carbons (Fsp3) is 0.224. The molecule has 4 aliphatic rings. The van der Waals surface area contributed by atoms with Crippen LogP contribution in [0, 0.1) is 29.5 Å². The zero-order valence-corrected chi connectivity index (χ0v) is 34.6. The van der Waals surface area contributed by atoms with Crippen LogP contribution in [0.5, 0.6) is 23.0 Å². The van der Waals surface area contributed by atoms with Crippen molar-refractivity contribution in [3.05, 3.63) is 154 Å². The van der Waals surface area contributed by atoms with Gasteiger partial charge in [-0.25, -0.2) is 4.39 Å². The maximum Gasteiger partial charge on any atom is 0.260 e. The van der Waals surface area contributed by atoms with E-state index < -0.39 is 52.6 Å². The van der Waals surface area contributed by atoms with E-state index in [1.54, 1.807) is 62.8 Å². The number of anilines is 2. The average molecular weight is 854 g/mol. The molecule has 0 spiro atoms. The summed E-state index contributed by atoms with van der Waals surface area (Å²) >= 11 is 6.40. The van der Waals surface area contributed by atoms with Crippen LogP contribution in [0.2, 0.25) is 5.02 Å². The summed E-state index contributed by atoms with van der Waals surface area (Å²) in [6.45, 7) is 0. The van der Waals surface area contributed by atoms with Gasteiger partial charge in [0.25, 0.3) is 11.8 Å². The SMILES string of the molecule is COc1ccc(OC)c(C=Cc2ccc(N3C(=O)[C@H]4[C@H](CC=C5[C@H]4C[C@H]4C(=O)N(Nc6ccc(F)cc6)C(=O)[C@@]4(c4ccc(Cl)cc4)[C@H]5c4ccc(O)c(OC)c4)C3=O)cc2)c1. The predicted octanol–water partition coefficient (Wildman–Crippen LogP) is 8.57. The molecular formula is C49H41ClFN3O8. The first kappa shape index (κ1) is 40.5. The summed E-state index contributed by atoms with van der Waals surface area (Å²) in [5.41, 5.74) is 5.52. The Labute approximate surface area is 361 Å². The average Bonchev–Trinajstić information content (AvgIpc) is 3.67. The van der Waals surface area contributed by atoms with Crippen molar-refractivity contribution in [2.75, 3.05) is 31.7 Å². The number of rotatable bonds is 10. The number of methoxy groups -OCH3 is 3. The molecule has 5 aromatic carbocycles. The van der Waals surface area contributed by atoms with E-state index in [4.69, 9.17) is 25.8 Å². The number of hydrazine groups is 1. The fourth-order valence-corrected chi connectivity index (χ4v) is 10.2. The highest BCUT2D eigenvalue weighted by molar-refractivity contribution is 6.30. The molecule has 1 saturated carbocycles. The number of phenols is 1. The molecule has 2 N–H and O–H groups in total. The molecule has 4 amide bonds. The van der Waals surface area contributed by atoms with Gasteiger partial charge in [0.2, 0.25) is 11.8 Å². The van der Waals surface area contributed by atoms with Crippen molar-refractivity contribution in [2.24, 2.45) is 23.7 Å². The van der Waals surface area contributed by atoms with Gasteiger partial charge in [-0.2, -0.15) is 5.01 Å². The third-order valence-corrected chi connectivity index (χ3v) is 13.1. The van der Waals surface area contributed by atoms with E-state index in [0.29, 0.717) is 39.0 Å². The maximum atomic E-state index is 15.4. The van der Waals surface area contributed by atoms with Gasteiger partial charge in [-0.15, -0.1) is 0 Å². The monoisotopic (exact) mass is 853 g/mol. The molecule has 13 heteroatoms. The third-order valence-electron chi connectivity index (χ3n) is 12.8. The van der Waals surface area contributed by atoms with Gasteiger partial charge in [-0.1, -0.05) is 65.7 Å². The minimum absolute atomic E-state index is 0.0673.